The molecule has 1 heterocycles. The predicted octanol–water partition coefficient (Wildman–Crippen LogP) is 1.28. The van der Waals surface area contributed by atoms with Gasteiger partial charge in [-0.1, -0.05) is 13.8 Å². The molecule has 0 saturated carbocycles. The standard InChI is InChI=1S/C10H14N2O2/c1-7(2)12-5-8-3-4-11-6-9(8)10(13)14/h3-4,6-7,12H,5H2,1-2H3,(H,13,14). The van der Waals surface area contributed by atoms with Crippen LogP contribution in [-0.2, 0) is 6.54 Å². The maximum atomic E-state index is 10.8. The Labute approximate surface area is 83.0 Å². The Morgan fingerprint density at radius 3 is 2.93 bits per heavy atom. The van der Waals surface area contributed by atoms with E-state index in [1.54, 1.807) is 12.3 Å². The Hall–Kier alpha value is -1.42. The highest BCUT2D eigenvalue weighted by Gasteiger charge is 2.09. The fraction of sp³-hybridized carbons (Fsp3) is 0.400. The zero-order valence-corrected chi connectivity index (χ0v) is 8.32. The Balaban J connectivity index is 2.79. The highest BCUT2D eigenvalue weighted by atomic mass is 16.4. The van der Waals surface area contributed by atoms with Crippen molar-refractivity contribution in [3.63, 3.8) is 0 Å². The summed E-state index contributed by atoms with van der Waals surface area (Å²) in [6.45, 7) is 4.59. The van der Waals surface area contributed by atoms with Crippen LogP contribution >= 0.6 is 0 Å². The summed E-state index contributed by atoms with van der Waals surface area (Å²) in [5.74, 6) is -0.932. The molecule has 76 valence electrons. The van der Waals surface area contributed by atoms with Crippen LogP contribution in [-0.4, -0.2) is 22.1 Å². The number of aromatic nitrogens is 1. The number of hydrogen-bond donors (Lipinski definition) is 2. The van der Waals surface area contributed by atoms with E-state index in [9.17, 15) is 4.79 Å². The van der Waals surface area contributed by atoms with E-state index < -0.39 is 5.97 Å². The monoisotopic (exact) mass is 194 g/mol. The van der Waals surface area contributed by atoms with Gasteiger partial charge in [0.05, 0.1) is 5.56 Å². The molecule has 0 aliphatic heterocycles. The molecule has 1 aromatic heterocycles. The van der Waals surface area contributed by atoms with E-state index in [1.807, 2.05) is 13.8 Å². The van der Waals surface area contributed by atoms with Crippen LogP contribution < -0.4 is 5.32 Å². The molecule has 0 radical (unpaired) electrons. The van der Waals surface area contributed by atoms with Gasteiger partial charge in [0.2, 0.25) is 0 Å². The number of carboxylic acids is 1. The summed E-state index contributed by atoms with van der Waals surface area (Å²) < 4.78 is 0. The number of nitrogens with zero attached hydrogens (tertiary/aromatic N) is 1. The number of aromatic carboxylic acids is 1. The van der Waals surface area contributed by atoms with E-state index in [0.717, 1.165) is 5.56 Å². The van der Waals surface area contributed by atoms with Crippen molar-refractivity contribution < 1.29 is 9.90 Å². The minimum absolute atomic E-state index is 0.264. The minimum Gasteiger partial charge on any atom is -0.478 e. The lowest BCUT2D eigenvalue weighted by Crippen LogP contribution is -2.23. The van der Waals surface area contributed by atoms with Crippen LogP contribution in [0.1, 0.15) is 29.8 Å². The molecule has 0 aromatic carbocycles. The fourth-order valence-electron chi connectivity index (χ4n) is 1.08. The van der Waals surface area contributed by atoms with Gasteiger partial charge >= 0.3 is 5.97 Å². The number of rotatable bonds is 4. The van der Waals surface area contributed by atoms with Crippen molar-refractivity contribution in [3.8, 4) is 0 Å². The zero-order valence-electron chi connectivity index (χ0n) is 8.32. The number of hydrogen-bond acceptors (Lipinski definition) is 3. The topological polar surface area (TPSA) is 62.2 Å². The van der Waals surface area contributed by atoms with Gasteiger partial charge in [0.1, 0.15) is 0 Å². The second-order valence-corrected chi connectivity index (χ2v) is 3.37. The average Bonchev–Trinajstić information content (AvgIpc) is 2.15. The fourth-order valence-corrected chi connectivity index (χ4v) is 1.08. The van der Waals surface area contributed by atoms with Crippen LogP contribution in [0.4, 0.5) is 0 Å². The lowest BCUT2D eigenvalue weighted by atomic mass is 10.1. The maximum absolute atomic E-state index is 10.8. The van der Waals surface area contributed by atoms with Crippen LogP contribution in [0, 0.1) is 0 Å². The molecule has 1 aromatic rings. The Kier molecular flexibility index (Phi) is 3.59. The molecule has 0 aliphatic rings. The predicted molar refractivity (Wildman–Crippen MR) is 53.2 cm³/mol. The van der Waals surface area contributed by atoms with E-state index in [0.29, 0.717) is 12.6 Å². The summed E-state index contributed by atoms with van der Waals surface area (Å²) in [4.78, 5) is 14.6. The highest BCUT2D eigenvalue weighted by Crippen LogP contribution is 2.06. The van der Waals surface area contributed by atoms with Gasteiger partial charge in [-0.3, -0.25) is 4.98 Å². The van der Waals surface area contributed by atoms with Gasteiger partial charge in [-0.05, 0) is 11.6 Å². The molecule has 0 fully saturated rings. The third kappa shape index (κ3) is 2.81. The molecular weight excluding hydrogens is 180 g/mol. The van der Waals surface area contributed by atoms with Crippen molar-refractivity contribution in [1.82, 2.24) is 10.3 Å². The van der Waals surface area contributed by atoms with E-state index in [4.69, 9.17) is 5.11 Å². The second-order valence-electron chi connectivity index (χ2n) is 3.37. The average molecular weight is 194 g/mol. The first kappa shape index (κ1) is 10.7. The largest absolute Gasteiger partial charge is 0.478 e. The lowest BCUT2D eigenvalue weighted by Gasteiger charge is -2.09. The molecule has 4 heteroatoms. The van der Waals surface area contributed by atoms with Crippen molar-refractivity contribution in [1.29, 1.82) is 0 Å². The van der Waals surface area contributed by atoms with Crippen molar-refractivity contribution in [3.05, 3.63) is 29.6 Å². The molecule has 0 bridgehead atoms. The van der Waals surface area contributed by atoms with Gasteiger partial charge in [-0.15, -0.1) is 0 Å². The first-order valence-electron chi connectivity index (χ1n) is 4.51. The molecule has 14 heavy (non-hydrogen) atoms. The van der Waals surface area contributed by atoms with Crippen LogP contribution in [0.2, 0.25) is 0 Å². The van der Waals surface area contributed by atoms with Crippen molar-refractivity contribution in [2.45, 2.75) is 26.4 Å². The molecule has 2 N–H and O–H groups in total. The number of nitrogens with one attached hydrogen (secondary N) is 1. The van der Waals surface area contributed by atoms with Crippen molar-refractivity contribution in [2.75, 3.05) is 0 Å². The van der Waals surface area contributed by atoms with E-state index >= 15 is 0 Å². The van der Waals surface area contributed by atoms with E-state index in [-0.39, 0.29) is 5.56 Å². The summed E-state index contributed by atoms with van der Waals surface area (Å²) in [7, 11) is 0. The SMILES string of the molecule is CC(C)NCc1ccncc1C(=O)O. The van der Waals surface area contributed by atoms with Gasteiger partial charge in [-0.2, -0.15) is 0 Å². The third-order valence-electron chi connectivity index (χ3n) is 1.84. The highest BCUT2D eigenvalue weighted by molar-refractivity contribution is 5.88. The Morgan fingerprint density at radius 2 is 2.36 bits per heavy atom. The second kappa shape index (κ2) is 4.72. The summed E-state index contributed by atoms with van der Waals surface area (Å²) in [6, 6.07) is 2.06. The van der Waals surface area contributed by atoms with Gasteiger partial charge in [-0.25, -0.2) is 4.79 Å². The van der Waals surface area contributed by atoms with Gasteiger partial charge in [0.15, 0.2) is 0 Å². The molecule has 0 saturated heterocycles. The molecule has 0 spiro atoms. The molecule has 0 unspecified atom stereocenters. The third-order valence-corrected chi connectivity index (χ3v) is 1.84. The van der Waals surface area contributed by atoms with Gasteiger partial charge < -0.3 is 10.4 Å². The molecule has 0 atom stereocenters. The summed E-state index contributed by atoms with van der Waals surface area (Å²) in [5, 5.41) is 12.0. The molecular formula is C10H14N2O2. The van der Waals surface area contributed by atoms with Crippen LogP contribution in [0.3, 0.4) is 0 Å². The zero-order chi connectivity index (χ0) is 10.6. The first-order valence-corrected chi connectivity index (χ1v) is 4.51. The summed E-state index contributed by atoms with van der Waals surface area (Å²) >= 11 is 0. The van der Waals surface area contributed by atoms with E-state index in [1.165, 1.54) is 6.20 Å². The minimum atomic E-state index is -0.932. The Bertz CT molecular complexity index is 324. The number of carbonyl (C=O) groups is 1. The number of pyridine rings is 1. The van der Waals surface area contributed by atoms with Crippen LogP contribution in [0.25, 0.3) is 0 Å². The van der Waals surface area contributed by atoms with Crippen LogP contribution in [0.15, 0.2) is 18.5 Å². The maximum Gasteiger partial charge on any atom is 0.337 e. The summed E-state index contributed by atoms with van der Waals surface area (Å²) in [6.07, 6.45) is 2.98. The molecule has 0 amide bonds. The molecule has 1 rings (SSSR count). The smallest absolute Gasteiger partial charge is 0.337 e. The summed E-state index contributed by atoms with van der Waals surface area (Å²) in [5.41, 5.74) is 1.03. The normalized spacial score (nSPS) is 10.5. The quantitative estimate of drug-likeness (QED) is 0.757. The van der Waals surface area contributed by atoms with Crippen molar-refractivity contribution >= 4 is 5.97 Å². The van der Waals surface area contributed by atoms with Gasteiger partial charge in [0.25, 0.3) is 0 Å². The van der Waals surface area contributed by atoms with Crippen LogP contribution in [0.5, 0.6) is 0 Å². The first-order chi connectivity index (χ1) is 6.61. The number of carboxylic acid groups (broad SMARTS) is 1. The molecule has 4 nitrogen and oxygen atoms in total. The molecule has 0 aliphatic carbocycles. The Morgan fingerprint density at radius 1 is 1.64 bits per heavy atom. The van der Waals surface area contributed by atoms with Crippen molar-refractivity contribution in [2.24, 2.45) is 0 Å². The van der Waals surface area contributed by atoms with Gasteiger partial charge in [0, 0.05) is 25.0 Å². The van der Waals surface area contributed by atoms with E-state index in [2.05, 4.69) is 10.3 Å². The lowest BCUT2D eigenvalue weighted by molar-refractivity contribution is 0.0695.